The molecule has 0 saturated heterocycles. The molecule has 0 spiro atoms. The van der Waals surface area contributed by atoms with Gasteiger partial charge in [0.25, 0.3) is 0 Å². The number of rotatable bonds is 0. The fourth-order valence-electron chi connectivity index (χ4n) is 0.573. The SMILES string of the molecule is C=C1C=C[SiH2]C=C1. The lowest BCUT2D eigenvalue weighted by atomic mass is 10.3. The normalized spacial score (nSPS) is 18.0. The highest BCUT2D eigenvalue weighted by molar-refractivity contribution is 6.48. The summed E-state index contributed by atoms with van der Waals surface area (Å²) >= 11 is 0. The second kappa shape index (κ2) is 1.94. The molecular weight excluding hydrogens is 100 g/mol. The van der Waals surface area contributed by atoms with Crippen LogP contribution in [0.2, 0.25) is 0 Å². The van der Waals surface area contributed by atoms with Crippen molar-refractivity contribution in [3.63, 3.8) is 0 Å². The summed E-state index contributed by atoms with van der Waals surface area (Å²) in [4.78, 5) is 0. The smallest absolute Gasteiger partial charge is 0.0692 e. The van der Waals surface area contributed by atoms with Crippen LogP contribution in [0.25, 0.3) is 0 Å². The van der Waals surface area contributed by atoms with Crippen LogP contribution in [0.4, 0.5) is 0 Å². The van der Waals surface area contributed by atoms with E-state index in [0.29, 0.717) is 0 Å². The lowest BCUT2D eigenvalue weighted by molar-refractivity contribution is 1.76. The Kier molecular flexibility index (Phi) is 1.27. The Morgan fingerprint density at radius 1 is 1.29 bits per heavy atom. The Morgan fingerprint density at radius 2 is 1.86 bits per heavy atom. The van der Waals surface area contributed by atoms with Crippen LogP contribution in [0.5, 0.6) is 0 Å². The fraction of sp³-hybridized carbons (Fsp3) is 0. The molecule has 0 aliphatic carbocycles. The molecule has 0 atom stereocenters. The van der Waals surface area contributed by atoms with Crippen molar-refractivity contribution in [3.8, 4) is 0 Å². The minimum atomic E-state index is 0.0547. The Bertz CT molecular complexity index is 117. The summed E-state index contributed by atoms with van der Waals surface area (Å²) in [6, 6.07) is 0. The molecule has 1 aliphatic rings. The predicted octanol–water partition coefficient (Wildman–Crippen LogP) is 0.752. The molecule has 0 saturated carbocycles. The first kappa shape index (κ1) is 4.59. The topological polar surface area (TPSA) is 0 Å². The molecular formula is C6H8Si. The molecule has 0 bridgehead atoms. The van der Waals surface area contributed by atoms with Crippen molar-refractivity contribution < 1.29 is 0 Å². The molecule has 0 unspecified atom stereocenters. The molecule has 0 nitrogen and oxygen atoms in total. The summed E-state index contributed by atoms with van der Waals surface area (Å²) in [6.45, 7) is 3.76. The standard InChI is InChI=1S/C6H8Si/c1-6-2-4-7-5-3-6/h2-5H,1,7H2. The van der Waals surface area contributed by atoms with Gasteiger partial charge in [0.05, 0.1) is 9.52 Å². The third-order valence-corrected chi connectivity index (χ3v) is 1.95. The molecule has 0 aromatic carbocycles. The Balaban J connectivity index is 2.66. The van der Waals surface area contributed by atoms with Gasteiger partial charge in [-0.15, -0.1) is 0 Å². The Morgan fingerprint density at radius 3 is 2.14 bits per heavy atom. The van der Waals surface area contributed by atoms with Crippen molar-refractivity contribution in [2.75, 3.05) is 0 Å². The van der Waals surface area contributed by atoms with Gasteiger partial charge in [-0.05, 0) is 5.57 Å². The van der Waals surface area contributed by atoms with Crippen LogP contribution in [0.1, 0.15) is 0 Å². The third kappa shape index (κ3) is 1.16. The highest BCUT2D eigenvalue weighted by Gasteiger charge is 1.83. The Hall–Kier alpha value is -0.563. The summed E-state index contributed by atoms with van der Waals surface area (Å²) in [5, 5.41) is 0. The molecule has 0 fully saturated rings. The molecule has 1 heterocycles. The zero-order valence-corrected chi connectivity index (χ0v) is 5.64. The first-order valence-corrected chi connectivity index (χ1v) is 4.05. The van der Waals surface area contributed by atoms with Gasteiger partial charge < -0.3 is 0 Å². The van der Waals surface area contributed by atoms with Gasteiger partial charge >= 0.3 is 0 Å². The highest BCUT2D eigenvalue weighted by Crippen LogP contribution is 1.97. The first-order valence-electron chi connectivity index (χ1n) is 2.41. The summed E-state index contributed by atoms with van der Waals surface area (Å²) in [6.07, 6.45) is 4.18. The average Bonchev–Trinajstić information content (AvgIpc) is 1.69. The zero-order chi connectivity index (χ0) is 5.11. The summed E-state index contributed by atoms with van der Waals surface area (Å²) < 4.78 is 0. The van der Waals surface area contributed by atoms with Gasteiger partial charge in [-0.2, -0.15) is 0 Å². The summed E-state index contributed by atoms with van der Waals surface area (Å²) in [7, 11) is 0.0547. The maximum absolute atomic E-state index is 3.76. The van der Waals surface area contributed by atoms with Gasteiger partial charge in [0.2, 0.25) is 0 Å². The van der Waals surface area contributed by atoms with E-state index in [1.165, 1.54) is 0 Å². The summed E-state index contributed by atoms with van der Waals surface area (Å²) in [5.41, 5.74) is 5.61. The minimum absolute atomic E-state index is 0.0547. The van der Waals surface area contributed by atoms with Crippen LogP contribution in [-0.2, 0) is 0 Å². The van der Waals surface area contributed by atoms with Gasteiger partial charge in [0, 0.05) is 0 Å². The van der Waals surface area contributed by atoms with Gasteiger partial charge in [-0.3, -0.25) is 0 Å². The second-order valence-electron chi connectivity index (χ2n) is 1.62. The molecule has 0 N–H and O–H groups in total. The van der Waals surface area contributed by atoms with Crippen LogP contribution in [0.15, 0.2) is 35.7 Å². The molecule has 1 aliphatic heterocycles. The molecule has 1 rings (SSSR count). The lowest BCUT2D eigenvalue weighted by Crippen LogP contribution is -1.83. The Labute approximate surface area is 46.1 Å². The molecule has 7 heavy (non-hydrogen) atoms. The fourth-order valence-corrected chi connectivity index (χ4v) is 1.61. The zero-order valence-electron chi connectivity index (χ0n) is 4.22. The predicted molar refractivity (Wildman–Crippen MR) is 36.0 cm³/mol. The van der Waals surface area contributed by atoms with E-state index >= 15 is 0 Å². The number of hydrogen-bond donors (Lipinski definition) is 0. The van der Waals surface area contributed by atoms with Crippen LogP contribution in [0.3, 0.4) is 0 Å². The van der Waals surface area contributed by atoms with Crippen molar-refractivity contribution in [1.29, 1.82) is 0 Å². The van der Waals surface area contributed by atoms with Crippen molar-refractivity contribution in [2.24, 2.45) is 0 Å². The minimum Gasteiger partial charge on any atom is -0.0963 e. The number of allylic oxidation sites excluding steroid dienone is 3. The number of hydrogen-bond acceptors (Lipinski definition) is 0. The average molecular weight is 108 g/mol. The van der Waals surface area contributed by atoms with Gasteiger partial charge in [0.1, 0.15) is 0 Å². The van der Waals surface area contributed by atoms with E-state index in [9.17, 15) is 0 Å². The maximum atomic E-state index is 3.76. The van der Waals surface area contributed by atoms with Crippen LogP contribution < -0.4 is 0 Å². The van der Waals surface area contributed by atoms with Crippen molar-refractivity contribution >= 4 is 9.52 Å². The quantitative estimate of drug-likeness (QED) is 0.402. The highest BCUT2D eigenvalue weighted by atomic mass is 28.2. The van der Waals surface area contributed by atoms with Gasteiger partial charge in [0.15, 0.2) is 0 Å². The van der Waals surface area contributed by atoms with Crippen LogP contribution in [0, 0.1) is 0 Å². The van der Waals surface area contributed by atoms with E-state index in [-0.39, 0.29) is 9.52 Å². The van der Waals surface area contributed by atoms with Gasteiger partial charge in [-0.25, -0.2) is 0 Å². The molecule has 0 aromatic rings. The third-order valence-electron chi connectivity index (χ3n) is 0.936. The molecule has 0 radical (unpaired) electrons. The van der Waals surface area contributed by atoms with E-state index in [2.05, 4.69) is 30.1 Å². The van der Waals surface area contributed by atoms with E-state index in [0.717, 1.165) is 5.57 Å². The monoisotopic (exact) mass is 108 g/mol. The van der Waals surface area contributed by atoms with Crippen molar-refractivity contribution in [1.82, 2.24) is 0 Å². The molecule has 0 amide bonds. The van der Waals surface area contributed by atoms with E-state index in [4.69, 9.17) is 0 Å². The van der Waals surface area contributed by atoms with Crippen LogP contribution >= 0.6 is 0 Å². The maximum Gasteiger partial charge on any atom is 0.0692 e. The molecule has 1 heteroatoms. The van der Waals surface area contributed by atoms with E-state index in [1.54, 1.807) is 0 Å². The molecule has 0 aromatic heterocycles. The van der Waals surface area contributed by atoms with Crippen LogP contribution in [-0.4, -0.2) is 9.52 Å². The van der Waals surface area contributed by atoms with Gasteiger partial charge in [-0.1, -0.05) is 30.1 Å². The lowest BCUT2D eigenvalue weighted by Gasteiger charge is -1.92. The second-order valence-corrected chi connectivity index (χ2v) is 3.03. The summed E-state index contributed by atoms with van der Waals surface area (Å²) in [5.74, 6) is 0. The molecule has 36 valence electrons. The largest absolute Gasteiger partial charge is 0.0963 e. The van der Waals surface area contributed by atoms with Crippen molar-refractivity contribution in [2.45, 2.75) is 0 Å². The first-order chi connectivity index (χ1) is 3.39. The van der Waals surface area contributed by atoms with Crippen molar-refractivity contribution in [3.05, 3.63) is 35.7 Å². The van der Waals surface area contributed by atoms with E-state index in [1.807, 2.05) is 0 Å². The van der Waals surface area contributed by atoms with E-state index < -0.39 is 0 Å².